The van der Waals surface area contributed by atoms with Crippen LogP contribution in [0.2, 0.25) is 0 Å². The van der Waals surface area contributed by atoms with Gasteiger partial charge in [-0.05, 0) is 35.9 Å². The molecule has 2 aromatic rings. The number of nitrogens with one attached hydrogen (secondary N) is 1. The van der Waals surface area contributed by atoms with E-state index in [4.69, 9.17) is 0 Å². The number of carbonyl (C=O) groups is 1. The normalized spacial score (nSPS) is 16.0. The maximum atomic E-state index is 13.2. The van der Waals surface area contributed by atoms with Crippen LogP contribution in [-0.2, 0) is 4.79 Å². The standard InChI is InChI=1S/C16H10F2N2O/c17-12-6-4-10(5-7-12)8-14-16(21)20-15(19-14)11-2-1-3-13(18)9-11/h1-9H,(H,19,20,21)/b14-8-. The summed E-state index contributed by atoms with van der Waals surface area (Å²) in [5.74, 6) is -0.830. The fourth-order valence-electron chi connectivity index (χ4n) is 1.96. The molecule has 1 aliphatic rings. The largest absolute Gasteiger partial charge is 0.305 e. The third kappa shape index (κ3) is 2.86. The third-order valence-corrected chi connectivity index (χ3v) is 2.97. The molecule has 1 amide bonds. The Morgan fingerprint density at radius 2 is 1.76 bits per heavy atom. The Labute approximate surface area is 119 Å². The highest BCUT2D eigenvalue weighted by atomic mass is 19.1. The summed E-state index contributed by atoms with van der Waals surface area (Å²) in [6.45, 7) is 0. The molecule has 104 valence electrons. The van der Waals surface area contributed by atoms with Crippen molar-refractivity contribution in [3.05, 3.63) is 77.0 Å². The number of nitrogens with zero attached hydrogens (tertiary/aromatic N) is 1. The molecule has 1 heterocycles. The van der Waals surface area contributed by atoms with Crippen LogP contribution in [0, 0.1) is 11.6 Å². The number of hydrogen-bond donors (Lipinski definition) is 1. The zero-order valence-electron chi connectivity index (χ0n) is 10.8. The van der Waals surface area contributed by atoms with Gasteiger partial charge in [0.25, 0.3) is 5.91 Å². The van der Waals surface area contributed by atoms with E-state index in [9.17, 15) is 13.6 Å². The Balaban J connectivity index is 1.93. The second-order valence-electron chi connectivity index (χ2n) is 4.51. The highest BCUT2D eigenvalue weighted by Crippen LogP contribution is 2.16. The van der Waals surface area contributed by atoms with Gasteiger partial charge >= 0.3 is 0 Å². The Morgan fingerprint density at radius 3 is 2.48 bits per heavy atom. The molecule has 0 aromatic heterocycles. The highest BCUT2D eigenvalue weighted by molar-refractivity contribution is 6.19. The molecule has 0 spiro atoms. The van der Waals surface area contributed by atoms with E-state index in [0.29, 0.717) is 17.0 Å². The molecule has 0 unspecified atom stereocenters. The van der Waals surface area contributed by atoms with Gasteiger partial charge in [-0.25, -0.2) is 13.8 Å². The Morgan fingerprint density at radius 1 is 1.00 bits per heavy atom. The highest BCUT2D eigenvalue weighted by Gasteiger charge is 2.21. The third-order valence-electron chi connectivity index (χ3n) is 2.97. The van der Waals surface area contributed by atoms with Crippen molar-refractivity contribution in [2.75, 3.05) is 0 Å². The first-order valence-electron chi connectivity index (χ1n) is 6.25. The van der Waals surface area contributed by atoms with Gasteiger partial charge in [0.05, 0.1) is 0 Å². The van der Waals surface area contributed by atoms with E-state index < -0.39 is 5.82 Å². The van der Waals surface area contributed by atoms with Crippen LogP contribution in [-0.4, -0.2) is 11.7 Å². The Kier molecular flexibility index (Phi) is 3.31. The average Bonchev–Trinajstić information content (AvgIpc) is 2.83. The van der Waals surface area contributed by atoms with Crippen LogP contribution in [0.5, 0.6) is 0 Å². The molecule has 0 radical (unpaired) electrons. The number of amides is 1. The van der Waals surface area contributed by atoms with Gasteiger partial charge in [-0.3, -0.25) is 4.79 Å². The molecule has 3 rings (SSSR count). The van der Waals surface area contributed by atoms with Crippen LogP contribution in [0.4, 0.5) is 8.78 Å². The van der Waals surface area contributed by atoms with Crippen molar-refractivity contribution in [1.82, 2.24) is 5.32 Å². The van der Waals surface area contributed by atoms with Crippen LogP contribution in [0.1, 0.15) is 11.1 Å². The van der Waals surface area contributed by atoms with Crippen molar-refractivity contribution >= 4 is 17.8 Å². The lowest BCUT2D eigenvalue weighted by Crippen LogP contribution is -2.24. The number of halogens is 2. The summed E-state index contributed by atoms with van der Waals surface area (Å²) in [5, 5.41) is 2.58. The SMILES string of the molecule is O=C1NC(c2cccc(F)c2)=N/C1=C\c1ccc(F)cc1. The lowest BCUT2D eigenvalue weighted by atomic mass is 10.2. The number of amidine groups is 1. The van der Waals surface area contributed by atoms with Gasteiger partial charge in [0, 0.05) is 5.56 Å². The summed E-state index contributed by atoms with van der Waals surface area (Å²) in [5.41, 5.74) is 1.34. The first-order valence-corrected chi connectivity index (χ1v) is 6.25. The topological polar surface area (TPSA) is 41.5 Å². The Bertz CT molecular complexity index is 764. The van der Waals surface area contributed by atoms with Crippen LogP contribution in [0.15, 0.2) is 59.2 Å². The smallest absolute Gasteiger partial charge is 0.275 e. The average molecular weight is 284 g/mol. The quantitative estimate of drug-likeness (QED) is 0.846. The van der Waals surface area contributed by atoms with Crippen LogP contribution >= 0.6 is 0 Å². The van der Waals surface area contributed by atoms with E-state index in [-0.39, 0.29) is 17.4 Å². The van der Waals surface area contributed by atoms with E-state index in [1.807, 2.05) is 0 Å². The van der Waals surface area contributed by atoms with E-state index in [2.05, 4.69) is 10.3 Å². The van der Waals surface area contributed by atoms with Crippen LogP contribution in [0.25, 0.3) is 6.08 Å². The predicted molar refractivity (Wildman–Crippen MR) is 75.5 cm³/mol. The van der Waals surface area contributed by atoms with E-state index >= 15 is 0 Å². The molecule has 0 bridgehead atoms. The van der Waals surface area contributed by atoms with Crippen molar-refractivity contribution < 1.29 is 13.6 Å². The van der Waals surface area contributed by atoms with Crippen LogP contribution in [0.3, 0.4) is 0 Å². The first-order chi connectivity index (χ1) is 10.1. The van der Waals surface area contributed by atoms with E-state index in [0.717, 1.165) is 0 Å². The fourth-order valence-corrected chi connectivity index (χ4v) is 1.96. The maximum absolute atomic E-state index is 13.2. The van der Waals surface area contributed by atoms with Crippen molar-refractivity contribution in [1.29, 1.82) is 0 Å². The molecule has 1 N–H and O–H groups in total. The minimum Gasteiger partial charge on any atom is -0.305 e. The summed E-state index contributed by atoms with van der Waals surface area (Å²) >= 11 is 0. The second-order valence-corrected chi connectivity index (χ2v) is 4.51. The Hall–Kier alpha value is -2.82. The predicted octanol–water partition coefficient (Wildman–Crippen LogP) is 2.88. The molecule has 5 heteroatoms. The first kappa shape index (κ1) is 13.2. The van der Waals surface area contributed by atoms with Gasteiger partial charge in [-0.1, -0.05) is 24.3 Å². The molecule has 2 aromatic carbocycles. The lowest BCUT2D eigenvalue weighted by Gasteiger charge is -1.99. The number of hydrogen-bond acceptors (Lipinski definition) is 2. The summed E-state index contributed by atoms with van der Waals surface area (Å²) in [6, 6.07) is 11.5. The lowest BCUT2D eigenvalue weighted by molar-refractivity contribution is -0.115. The molecule has 0 saturated carbocycles. The molecule has 3 nitrogen and oxygen atoms in total. The van der Waals surface area contributed by atoms with Gasteiger partial charge < -0.3 is 5.32 Å². The molecule has 0 saturated heterocycles. The van der Waals surface area contributed by atoms with Crippen molar-refractivity contribution in [2.24, 2.45) is 4.99 Å². The van der Waals surface area contributed by atoms with Gasteiger partial charge in [0.2, 0.25) is 0 Å². The molecular weight excluding hydrogens is 274 g/mol. The zero-order chi connectivity index (χ0) is 14.8. The molecule has 0 atom stereocenters. The molecule has 0 fully saturated rings. The van der Waals surface area contributed by atoms with E-state index in [1.54, 1.807) is 30.3 Å². The minimum absolute atomic E-state index is 0.195. The maximum Gasteiger partial charge on any atom is 0.275 e. The number of rotatable bonds is 2. The van der Waals surface area contributed by atoms with Gasteiger partial charge in [-0.2, -0.15) is 0 Å². The molecule has 1 aliphatic heterocycles. The number of carbonyl (C=O) groups excluding carboxylic acids is 1. The van der Waals surface area contributed by atoms with Crippen molar-refractivity contribution in [2.45, 2.75) is 0 Å². The number of benzene rings is 2. The van der Waals surface area contributed by atoms with E-state index in [1.165, 1.54) is 24.3 Å². The van der Waals surface area contributed by atoms with Gasteiger partial charge in [0.1, 0.15) is 23.2 Å². The van der Waals surface area contributed by atoms with Crippen molar-refractivity contribution in [3.8, 4) is 0 Å². The summed E-state index contributed by atoms with van der Waals surface area (Å²) < 4.78 is 26.0. The van der Waals surface area contributed by atoms with Gasteiger partial charge in [0.15, 0.2) is 0 Å². The molecule has 0 aliphatic carbocycles. The van der Waals surface area contributed by atoms with Crippen LogP contribution < -0.4 is 5.32 Å². The monoisotopic (exact) mass is 284 g/mol. The summed E-state index contributed by atoms with van der Waals surface area (Å²) in [4.78, 5) is 16.0. The minimum atomic E-state index is -0.402. The van der Waals surface area contributed by atoms with Crippen molar-refractivity contribution in [3.63, 3.8) is 0 Å². The summed E-state index contributed by atoms with van der Waals surface area (Å²) in [7, 11) is 0. The second kappa shape index (κ2) is 5.28. The number of aliphatic imine (C=N–C) groups is 1. The molecule has 21 heavy (non-hydrogen) atoms. The fraction of sp³-hybridized carbons (Fsp3) is 0. The zero-order valence-corrected chi connectivity index (χ0v) is 10.8. The van der Waals surface area contributed by atoms with Gasteiger partial charge in [-0.15, -0.1) is 0 Å². The summed E-state index contributed by atoms with van der Waals surface area (Å²) in [6.07, 6.45) is 1.54. The molecular formula is C16H10F2N2O.